The summed E-state index contributed by atoms with van der Waals surface area (Å²) in [4.78, 5) is 14.0. The quantitative estimate of drug-likeness (QED) is 0.667. The summed E-state index contributed by atoms with van der Waals surface area (Å²) < 4.78 is 35.3. The number of hydrogen-bond donors (Lipinski definition) is 2. The molecule has 0 bridgehead atoms. The van der Waals surface area contributed by atoms with Crippen LogP contribution in [-0.4, -0.2) is 23.3 Å². The topological polar surface area (TPSA) is 71.6 Å². The highest BCUT2D eigenvalue weighted by molar-refractivity contribution is 6.35. The van der Waals surface area contributed by atoms with Gasteiger partial charge in [0.1, 0.15) is 5.02 Å². The van der Waals surface area contributed by atoms with Crippen LogP contribution in [0, 0.1) is 5.92 Å². The summed E-state index contributed by atoms with van der Waals surface area (Å²) in [6.45, 7) is -2.59. The van der Waals surface area contributed by atoms with E-state index >= 15 is 0 Å². The average molecular weight is 420 g/mol. The fraction of sp³-hybridized carbons (Fsp3) is 0.389. The Labute approximate surface area is 163 Å². The zero-order valence-corrected chi connectivity index (χ0v) is 15.6. The number of alkyl halides is 2. The first kappa shape index (κ1) is 19.9. The maximum atomic E-state index is 12.6. The van der Waals surface area contributed by atoms with Crippen LogP contribution in [0.5, 0.6) is 11.5 Å². The maximum absolute atomic E-state index is 12.6. The van der Waals surface area contributed by atoms with E-state index in [-0.39, 0.29) is 28.0 Å². The minimum atomic E-state index is -2.99. The monoisotopic (exact) mass is 419 g/mol. The van der Waals surface area contributed by atoms with Gasteiger partial charge in [-0.15, -0.1) is 0 Å². The van der Waals surface area contributed by atoms with E-state index in [2.05, 4.69) is 9.72 Å². The summed E-state index contributed by atoms with van der Waals surface area (Å²) in [5.74, 6) is 0.433. The summed E-state index contributed by atoms with van der Waals surface area (Å²) in [5, 5.41) is 10.6. The third kappa shape index (κ3) is 5.12. The fourth-order valence-electron chi connectivity index (χ4n) is 2.55. The van der Waals surface area contributed by atoms with Crippen molar-refractivity contribution >= 4 is 23.2 Å². The van der Waals surface area contributed by atoms with E-state index in [1.54, 1.807) is 0 Å². The van der Waals surface area contributed by atoms with Crippen molar-refractivity contribution in [3.8, 4) is 11.5 Å². The van der Waals surface area contributed by atoms with Crippen LogP contribution in [0.4, 0.5) is 8.78 Å². The summed E-state index contributed by atoms with van der Waals surface area (Å²) >= 11 is 12.0. The van der Waals surface area contributed by atoms with Crippen LogP contribution in [0.1, 0.15) is 30.1 Å². The van der Waals surface area contributed by atoms with Crippen LogP contribution in [0.15, 0.2) is 29.2 Å². The Kier molecular flexibility index (Phi) is 6.24. The lowest BCUT2D eigenvalue weighted by atomic mass is 10.0. The predicted octanol–water partition coefficient (Wildman–Crippen LogP) is 4.35. The largest absolute Gasteiger partial charge is 0.489 e. The molecule has 0 unspecified atom stereocenters. The molecule has 0 saturated heterocycles. The molecule has 0 amide bonds. The molecule has 2 N–H and O–H groups in total. The third-order valence-electron chi connectivity index (χ3n) is 4.22. The molecule has 1 aromatic heterocycles. The van der Waals surface area contributed by atoms with Crippen molar-refractivity contribution in [3.05, 3.63) is 55.9 Å². The van der Waals surface area contributed by atoms with Gasteiger partial charge in [0.15, 0.2) is 11.5 Å². The summed E-state index contributed by atoms with van der Waals surface area (Å²) in [5.41, 5.74) is 0.176. The number of benzene rings is 1. The number of aliphatic hydroxyl groups is 1. The van der Waals surface area contributed by atoms with E-state index in [0.29, 0.717) is 23.7 Å². The van der Waals surface area contributed by atoms with Gasteiger partial charge in [-0.05, 0) is 42.0 Å². The van der Waals surface area contributed by atoms with Crippen molar-refractivity contribution in [3.63, 3.8) is 0 Å². The highest BCUT2D eigenvalue weighted by atomic mass is 35.5. The summed E-state index contributed by atoms with van der Waals surface area (Å²) in [6, 6.07) is 4.20. The molecule has 1 saturated carbocycles. The van der Waals surface area contributed by atoms with Gasteiger partial charge in [0.05, 0.1) is 17.7 Å². The van der Waals surface area contributed by atoms with Crippen LogP contribution in [0.2, 0.25) is 10.0 Å². The number of ether oxygens (including phenoxy) is 2. The molecule has 1 fully saturated rings. The second-order valence-corrected chi connectivity index (χ2v) is 7.10. The Morgan fingerprint density at radius 1 is 1.26 bits per heavy atom. The third-order valence-corrected chi connectivity index (χ3v) is 4.96. The number of aromatic nitrogens is 1. The minimum Gasteiger partial charge on any atom is -0.489 e. The second-order valence-electron chi connectivity index (χ2n) is 6.32. The molecule has 1 aliphatic carbocycles. The van der Waals surface area contributed by atoms with Gasteiger partial charge in [-0.2, -0.15) is 8.78 Å². The highest BCUT2D eigenvalue weighted by Gasteiger charge is 2.24. The van der Waals surface area contributed by atoms with Crippen molar-refractivity contribution in [1.82, 2.24) is 4.98 Å². The van der Waals surface area contributed by atoms with E-state index < -0.39 is 18.3 Å². The molecule has 1 heterocycles. The number of rotatable bonds is 8. The van der Waals surface area contributed by atoms with Gasteiger partial charge >= 0.3 is 6.61 Å². The zero-order valence-electron chi connectivity index (χ0n) is 14.1. The number of aromatic amines is 1. The Morgan fingerprint density at radius 2 is 2.00 bits per heavy atom. The molecule has 1 aromatic carbocycles. The smallest absolute Gasteiger partial charge is 0.387 e. The van der Waals surface area contributed by atoms with E-state index in [4.69, 9.17) is 27.9 Å². The summed E-state index contributed by atoms with van der Waals surface area (Å²) in [7, 11) is 0. The molecule has 146 valence electrons. The lowest BCUT2D eigenvalue weighted by Crippen LogP contribution is -2.12. The average Bonchev–Trinajstić information content (AvgIpc) is 3.45. The SMILES string of the molecule is O=c1[nH]cc(Cl)c(C[C@@H](O)c2ccc(OC(F)F)c(OCC3CC3)c2)c1Cl. The van der Waals surface area contributed by atoms with Crippen molar-refractivity contribution < 1.29 is 23.4 Å². The van der Waals surface area contributed by atoms with Gasteiger partial charge in [-0.3, -0.25) is 4.79 Å². The summed E-state index contributed by atoms with van der Waals surface area (Å²) in [6.07, 6.45) is 2.26. The standard InChI is InChI=1S/C18H17Cl2F2NO4/c19-12-7-23-17(25)16(20)11(12)6-13(24)10-3-4-14(27-18(21)22)15(5-10)26-8-9-1-2-9/h3-5,7,9,13,18,24H,1-2,6,8H2,(H,23,25)/t13-/m1/s1. The molecule has 0 aliphatic heterocycles. The van der Waals surface area contributed by atoms with Crippen molar-refractivity contribution in [2.45, 2.75) is 32.0 Å². The van der Waals surface area contributed by atoms with Crippen LogP contribution < -0.4 is 15.0 Å². The number of pyridine rings is 1. The Morgan fingerprint density at radius 3 is 2.67 bits per heavy atom. The number of hydrogen-bond acceptors (Lipinski definition) is 4. The molecule has 1 aliphatic rings. The van der Waals surface area contributed by atoms with Crippen LogP contribution >= 0.6 is 23.2 Å². The highest BCUT2D eigenvalue weighted by Crippen LogP contribution is 2.36. The predicted molar refractivity (Wildman–Crippen MR) is 97.0 cm³/mol. The molecule has 5 nitrogen and oxygen atoms in total. The van der Waals surface area contributed by atoms with Gasteiger partial charge in [0.2, 0.25) is 0 Å². The van der Waals surface area contributed by atoms with Gasteiger partial charge in [0, 0.05) is 12.6 Å². The molecular formula is C18H17Cl2F2NO4. The molecule has 0 radical (unpaired) electrons. The van der Waals surface area contributed by atoms with Gasteiger partial charge in [-0.1, -0.05) is 29.3 Å². The lowest BCUT2D eigenvalue weighted by molar-refractivity contribution is -0.0515. The first-order valence-electron chi connectivity index (χ1n) is 8.30. The number of nitrogens with one attached hydrogen (secondary N) is 1. The first-order chi connectivity index (χ1) is 12.8. The van der Waals surface area contributed by atoms with Gasteiger partial charge in [0.25, 0.3) is 5.56 Å². The fourth-order valence-corrected chi connectivity index (χ4v) is 3.06. The van der Waals surface area contributed by atoms with Crippen molar-refractivity contribution in [2.24, 2.45) is 5.92 Å². The Hall–Kier alpha value is -1.83. The van der Waals surface area contributed by atoms with Gasteiger partial charge in [-0.25, -0.2) is 0 Å². The number of H-pyrrole nitrogens is 1. The molecule has 0 spiro atoms. The Balaban J connectivity index is 1.83. The van der Waals surface area contributed by atoms with Crippen LogP contribution in [0.25, 0.3) is 0 Å². The normalized spacial score (nSPS) is 15.0. The molecular weight excluding hydrogens is 403 g/mol. The van der Waals surface area contributed by atoms with Crippen LogP contribution in [-0.2, 0) is 6.42 Å². The zero-order chi connectivity index (χ0) is 19.6. The van der Waals surface area contributed by atoms with Gasteiger partial charge < -0.3 is 19.6 Å². The number of halogens is 4. The number of aliphatic hydroxyl groups excluding tert-OH is 1. The maximum Gasteiger partial charge on any atom is 0.387 e. The van der Waals surface area contributed by atoms with Crippen LogP contribution in [0.3, 0.4) is 0 Å². The lowest BCUT2D eigenvalue weighted by Gasteiger charge is -2.17. The van der Waals surface area contributed by atoms with E-state index in [0.717, 1.165) is 12.8 Å². The second kappa shape index (κ2) is 8.46. The molecule has 1 atom stereocenters. The van der Waals surface area contributed by atoms with Crippen molar-refractivity contribution in [2.75, 3.05) is 6.61 Å². The van der Waals surface area contributed by atoms with E-state index in [1.807, 2.05) is 0 Å². The molecule has 27 heavy (non-hydrogen) atoms. The molecule has 3 rings (SSSR count). The van der Waals surface area contributed by atoms with Crippen molar-refractivity contribution in [1.29, 1.82) is 0 Å². The minimum absolute atomic E-state index is 0.0291. The van der Waals surface area contributed by atoms with E-state index in [9.17, 15) is 18.7 Å². The Bertz CT molecular complexity index is 871. The van der Waals surface area contributed by atoms with E-state index in [1.165, 1.54) is 24.4 Å². The first-order valence-corrected chi connectivity index (χ1v) is 9.06. The molecule has 9 heteroatoms. The molecule has 2 aromatic rings.